The van der Waals surface area contributed by atoms with Crippen LogP contribution in [-0.2, 0) is 9.59 Å². The Kier molecular flexibility index (Phi) is 6.44. The van der Waals surface area contributed by atoms with Crippen LogP contribution in [0, 0.1) is 29.1 Å². The van der Waals surface area contributed by atoms with Gasteiger partial charge in [0.2, 0.25) is 17.8 Å². The molecule has 1 aliphatic heterocycles. The van der Waals surface area contributed by atoms with E-state index >= 15 is 0 Å². The zero-order chi connectivity index (χ0) is 24.4. The van der Waals surface area contributed by atoms with Gasteiger partial charge in [0.1, 0.15) is 5.69 Å². The molecule has 11 heteroatoms. The van der Waals surface area contributed by atoms with E-state index in [1.165, 1.54) is 11.1 Å². The Morgan fingerprint density at radius 3 is 2.26 bits per heavy atom. The van der Waals surface area contributed by atoms with Gasteiger partial charge in [0.05, 0.1) is 0 Å². The molecule has 176 valence electrons. The van der Waals surface area contributed by atoms with Gasteiger partial charge in [0, 0.05) is 24.7 Å². The van der Waals surface area contributed by atoms with Crippen LogP contribution < -0.4 is 15.0 Å². The molecule has 4 rings (SSSR count). The average Bonchev–Trinajstić information content (AvgIpc) is 2.86. The Bertz CT molecular complexity index is 1230. The topological polar surface area (TPSA) is 71.5 Å². The summed E-state index contributed by atoms with van der Waals surface area (Å²) in [5, 5.41) is 1.71. The highest BCUT2D eigenvalue weighted by Crippen LogP contribution is 2.37. The molecule has 34 heavy (non-hydrogen) atoms. The lowest BCUT2D eigenvalue weighted by Crippen LogP contribution is -2.42. The molecular weight excluding hydrogens is 461 g/mol. The van der Waals surface area contributed by atoms with Crippen molar-refractivity contribution >= 4 is 23.3 Å². The number of pyridine rings is 1. The fraction of sp³-hybridized carbons (Fsp3) is 0.174. The van der Waals surface area contributed by atoms with Gasteiger partial charge in [-0.3, -0.25) is 14.5 Å². The Hall–Kier alpha value is -4.02. The maximum absolute atomic E-state index is 13.8. The standard InChI is InChI=1S/C23H16F5N3O3/c24-15-16(25)18(27)20(19(28)17(15)26)30-14(32)9-5-11-31-22-13(8-4-10-29-22)34-21(23(31)33)12-6-2-1-3-7-12/h1-4,6-8,10,21H,5,9,11H2,(H,30,32)/t21-/m1/s1. The molecule has 0 unspecified atom stereocenters. The highest BCUT2D eigenvalue weighted by Gasteiger charge is 2.36. The molecule has 1 aromatic heterocycles. The lowest BCUT2D eigenvalue weighted by Gasteiger charge is -2.33. The molecule has 0 spiro atoms. The number of benzene rings is 2. The first-order valence-corrected chi connectivity index (χ1v) is 10.1. The highest BCUT2D eigenvalue weighted by molar-refractivity contribution is 5.99. The molecule has 1 aliphatic rings. The van der Waals surface area contributed by atoms with E-state index in [0.717, 1.165) is 0 Å². The summed E-state index contributed by atoms with van der Waals surface area (Å²) >= 11 is 0. The molecule has 0 saturated heterocycles. The molecular formula is C23H16F5N3O3. The summed E-state index contributed by atoms with van der Waals surface area (Å²) in [7, 11) is 0. The number of hydrogen-bond acceptors (Lipinski definition) is 4. The molecule has 6 nitrogen and oxygen atoms in total. The zero-order valence-electron chi connectivity index (χ0n) is 17.3. The van der Waals surface area contributed by atoms with E-state index < -0.39 is 52.7 Å². The summed E-state index contributed by atoms with van der Waals surface area (Å²) in [5.74, 6) is -11.8. The Balaban J connectivity index is 1.47. The summed E-state index contributed by atoms with van der Waals surface area (Å²) in [4.78, 5) is 30.7. The maximum atomic E-state index is 13.8. The normalized spacial score (nSPS) is 15.0. The number of carbonyl (C=O) groups is 2. The quantitative estimate of drug-likeness (QED) is 0.319. The first-order valence-electron chi connectivity index (χ1n) is 10.1. The number of anilines is 2. The van der Waals surface area contributed by atoms with Gasteiger partial charge in [-0.05, 0) is 18.6 Å². The molecule has 2 amide bonds. The van der Waals surface area contributed by atoms with Crippen molar-refractivity contribution < 1.29 is 36.3 Å². The van der Waals surface area contributed by atoms with Crippen LogP contribution in [-0.4, -0.2) is 23.3 Å². The first-order chi connectivity index (χ1) is 16.3. The van der Waals surface area contributed by atoms with Gasteiger partial charge in [0.25, 0.3) is 5.91 Å². The summed E-state index contributed by atoms with van der Waals surface area (Å²) in [6.07, 6.45) is 0.147. The van der Waals surface area contributed by atoms with Gasteiger partial charge in [-0.2, -0.15) is 0 Å². The summed E-state index contributed by atoms with van der Waals surface area (Å²) in [5.41, 5.74) is -0.823. The molecule has 3 aromatic rings. The van der Waals surface area contributed by atoms with Crippen LogP contribution in [0.25, 0.3) is 0 Å². The minimum Gasteiger partial charge on any atom is -0.472 e. The lowest BCUT2D eigenvalue weighted by molar-refractivity contribution is -0.127. The van der Waals surface area contributed by atoms with Gasteiger partial charge in [-0.1, -0.05) is 30.3 Å². The number of nitrogens with one attached hydrogen (secondary N) is 1. The van der Waals surface area contributed by atoms with Crippen molar-refractivity contribution in [1.82, 2.24) is 4.98 Å². The van der Waals surface area contributed by atoms with E-state index in [0.29, 0.717) is 11.3 Å². The third kappa shape index (κ3) is 4.28. The van der Waals surface area contributed by atoms with Crippen LogP contribution in [0.3, 0.4) is 0 Å². The SMILES string of the molecule is O=C(CCCN1C(=O)[C@@H](c2ccccc2)Oc2cccnc21)Nc1c(F)c(F)c(F)c(F)c1F. The molecule has 0 saturated carbocycles. The predicted octanol–water partition coefficient (Wildman–Crippen LogP) is 4.66. The zero-order valence-corrected chi connectivity index (χ0v) is 17.3. The Morgan fingerprint density at radius 2 is 1.59 bits per heavy atom. The fourth-order valence-corrected chi connectivity index (χ4v) is 3.47. The maximum Gasteiger partial charge on any atom is 0.274 e. The van der Waals surface area contributed by atoms with Crippen LogP contribution in [0.4, 0.5) is 33.5 Å². The first kappa shape index (κ1) is 23.1. The highest BCUT2D eigenvalue weighted by atomic mass is 19.2. The van der Waals surface area contributed by atoms with Crippen molar-refractivity contribution in [3.8, 4) is 5.75 Å². The predicted molar refractivity (Wildman–Crippen MR) is 110 cm³/mol. The summed E-state index contributed by atoms with van der Waals surface area (Å²) in [6, 6.07) is 12.0. The number of amides is 2. The van der Waals surface area contributed by atoms with Gasteiger partial charge in [-0.15, -0.1) is 0 Å². The second kappa shape index (κ2) is 9.46. The van der Waals surface area contributed by atoms with Gasteiger partial charge in [-0.25, -0.2) is 26.9 Å². The molecule has 1 N–H and O–H groups in total. The number of carbonyl (C=O) groups excluding carboxylic acids is 2. The van der Waals surface area contributed by atoms with E-state index in [-0.39, 0.29) is 25.2 Å². The lowest BCUT2D eigenvalue weighted by atomic mass is 10.1. The molecule has 0 bridgehead atoms. The van der Waals surface area contributed by atoms with Crippen molar-refractivity contribution in [3.63, 3.8) is 0 Å². The van der Waals surface area contributed by atoms with Crippen LogP contribution in [0.2, 0.25) is 0 Å². The van der Waals surface area contributed by atoms with E-state index in [1.54, 1.807) is 47.8 Å². The smallest absolute Gasteiger partial charge is 0.274 e. The Labute approximate surface area is 190 Å². The van der Waals surface area contributed by atoms with Crippen LogP contribution in [0.1, 0.15) is 24.5 Å². The molecule has 2 heterocycles. The van der Waals surface area contributed by atoms with Crippen LogP contribution in [0.15, 0.2) is 48.7 Å². The van der Waals surface area contributed by atoms with Crippen molar-refractivity contribution in [2.24, 2.45) is 0 Å². The van der Waals surface area contributed by atoms with Gasteiger partial charge < -0.3 is 10.1 Å². The second-order valence-corrected chi connectivity index (χ2v) is 7.32. The molecule has 1 atom stereocenters. The number of rotatable bonds is 6. The number of hydrogen-bond donors (Lipinski definition) is 1. The van der Waals surface area contributed by atoms with Gasteiger partial charge >= 0.3 is 0 Å². The van der Waals surface area contributed by atoms with Crippen molar-refractivity contribution in [3.05, 3.63) is 83.3 Å². The molecule has 2 aromatic carbocycles. The number of nitrogens with zero attached hydrogens (tertiary/aromatic N) is 2. The van der Waals surface area contributed by atoms with Crippen molar-refractivity contribution in [2.75, 3.05) is 16.8 Å². The van der Waals surface area contributed by atoms with Crippen LogP contribution in [0.5, 0.6) is 5.75 Å². The monoisotopic (exact) mass is 477 g/mol. The van der Waals surface area contributed by atoms with Crippen molar-refractivity contribution in [2.45, 2.75) is 18.9 Å². The van der Waals surface area contributed by atoms with E-state index in [2.05, 4.69) is 4.98 Å². The van der Waals surface area contributed by atoms with Gasteiger partial charge in [0.15, 0.2) is 34.8 Å². The summed E-state index contributed by atoms with van der Waals surface area (Å²) < 4.78 is 73.2. The minimum atomic E-state index is -2.32. The number of fused-ring (bicyclic) bond motifs is 1. The third-order valence-electron chi connectivity index (χ3n) is 5.10. The number of ether oxygens (including phenoxy) is 1. The molecule has 0 fully saturated rings. The molecule has 0 radical (unpaired) electrons. The number of aromatic nitrogens is 1. The van der Waals surface area contributed by atoms with E-state index in [4.69, 9.17) is 4.74 Å². The van der Waals surface area contributed by atoms with E-state index in [1.807, 2.05) is 0 Å². The average molecular weight is 477 g/mol. The largest absolute Gasteiger partial charge is 0.472 e. The molecule has 0 aliphatic carbocycles. The summed E-state index contributed by atoms with van der Waals surface area (Å²) in [6.45, 7) is -0.0138. The fourth-order valence-electron chi connectivity index (χ4n) is 3.47. The van der Waals surface area contributed by atoms with E-state index in [9.17, 15) is 31.5 Å². The minimum absolute atomic E-state index is 0.00446. The van der Waals surface area contributed by atoms with Crippen LogP contribution >= 0.6 is 0 Å². The van der Waals surface area contributed by atoms with Crippen molar-refractivity contribution in [1.29, 1.82) is 0 Å². The second-order valence-electron chi connectivity index (χ2n) is 7.32. The Morgan fingerprint density at radius 1 is 0.941 bits per heavy atom. The third-order valence-corrected chi connectivity index (χ3v) is 5.10. The number of halogens is 5.